The summed E-state index contributed by atoms with van der Waals surface area (Å²) in [6.07, 6.45) is 5.08. The van der Waals surface area contributed by atoms with Gasteiger partial charge in [-0.2, -0.15) is 0 Å². The van der Waals surface area contributed by atoms with E-state index in [4.69, 9.17) is 4.74 Å². The molecule has 0 aliphatic carbocycles. The van der Waals surface area contributed by atoms with Gasteiger partial charge in [-0.25, -0.2) is 4.90 Å². The molecular formula is C32H26N2O5. The second-order valence-electron chi connectivity index (χ2n) is 10.0. The quantitative estimate of drug-likeness (QED) is 0.356. The molecule has 0 spiro atoms. The lowest BCUT2D eigenvalue weighted by Crippen LogP contribution is -2.46. The van der Waals surface area contributed by atoms with Crippen molar-refractivity contribution in [1.82, 2.24) is 4.90 Å². The standard InChI is InChI=1S/C32H26N2O5/c1-19-8-12-23(13-9-19)34-31(37)26-25-18-22(29(35)20-6-4-3-5-7-20)16-17-33(25)28(27(26)32(34)38)30(36)21-10-14-24(39-2)15-11-21/h3-18,25-28H,1-2H3/t25-,26-,27+,28-/m0/s1. The van der Waals surface area contributed by atoms with Crippen molar-refractivity contribution in [3.05, 3.63) is 119 Å². The van der Waals surface area contributed by atoms with Gasteiger partial charge in [0.25, 0.3) is 0 Å². The average Bonchev–Trinajstić information content (AvgIpc) is 3.44. The molecule has 0 unspecified atom stereocenters. The molecule has 39 heavy (non-hydrogen) atoms. The van der Waals surface area contributed by atoms with Gasteiger partial charge in [0, 0.05) is 22.9 Å². The SMILES string of the molecule is COc1ccc(C(=O)[C@@H]2[C@@H]3C(=O)N(c4ccc(C)cc4)C(=O)[C@H]3[C@@H]3C=C(C(=O)c4ccccc4)C=CN23)cc1. The lowest BCUT2D eigenvalue weighted by atomic mass is 9.85. The Bertz CT molecular complexity index is 1540. The van der Waals surface area contributed by atoms with Gasteiger partial charge in [0.15, 0.2) is 11.6 Å². The first-order chi connectivity index (χ1) is 18.9. The molecule has 0 aromatic heterocycles. The summed E-state index contributed by atoms with van der Waals surface area (Å²) in [6.45, 7) is 1.93. The zero-order valence-electron chi connectivity index (χ0n) is 21.5. The van der Waals surface area contributed by atoms with Crippen LogP contribution in [0.3, 0.4) is 0 Å². The number of anilines is 1. The molecule has 3 heterocycles. The molecule has 0 N–H and O–H groups in total. The fourth-order valence-electron chi connectivity index (χ4n) is 5.83. The summed E-state index contributed by atoms with van der Waals surface area (Å²) in [6, 6.07) is 21.3. The summed E-state index contributed by atoms with van der Waals surface area (Å²) < 4.78 is 5.22. The minimum Gasteiger partial charge on any atom is -0.497 e. The second-order valence-corrected chi connectivity index (χ2v) is 10.0. The van der Waals surface area contributed by atoms with Gasteiger partial charge in [0.05, 0.1) is 30.7 Å². The van der Waals surface area contributed by atoms with Gasteiger partial charge in [-0.3, -0.25) is 19.2 Å². The van der Waals surface area contributed by atoms with E-state index in [0.717, 1.165) is 5.56 Å². The van der Waals surface area contributed by atoms with E-state index in [1.807, 2.05) is 25.1 Å². The third kappa shape index (κ3) is 3.98. The number of methoxy groups -OCH3 is 1. The lowest BCUT2D eigenvalue weighted by molar-refractivity contribution is -0.123. The maximum atomic E-state index is 13.9. The monoisotopic (exact) mass is 518 g/mol. The number of aryl methyl sites for hydroxylation is 1. The van der Waals surface area contributed by atoms with Crippen molar-refractivity contribution >= 4 is 29.1 Å². The van der Waals surface area contributed by atoms with Crippen molar-refractivity contribution < 1.29 is 23.9 Å². The fraction of sp³-hybridized carbons (Fsp3) is 0.188. The highest BCUT2D eigenvalue weighted by Crippen LogP contribution is 2.47. The molecule has 0 radical (unpaired) electrons. The highest BCUT2D eigenvalue weighted by atomic mass is 16.5. The number of allylic oxidation sites excluding steroid dienone is 2. The zero-order chi connectivity index (χ0) is 27.3. The van der Waals surface area contributed by atoms with Crippen LogP contribution in [0.25, 0.3) is 0 Å². The predicted molar refractivity (Wildman–Crippen MR) is 145 cm³/mol. The second kappa shape index (κ2) is 9.51. The number of imide groups is 1. The van der Waals surface area contributed by atoms with E-state index in [9.17, 15) is 19.2 Å². The summed E-state index contributed by atoms with van der Waals surface area (Å²) >= 11 is 0. The minimum absolute atomic E-state index is 0.180. The Morgan fingerprint density at radius 3 is 2.13 bits per heavy atom. The van der Waals surface area contributed by atoms with E-state index in [0.29, 0.717) is 28.1 Å². The summed E-state index contributed by atoms with van der Waals surface area (Å²) in [7, 11) is 1.55. The number of nitrogens with zero attached hydrogens (tertiary/aromatic N) is 2. The predicted octanol–water partition coefficient (Wildman–Crippen LogP) is 4.38. The van der Waals surface area contributed by atoms with E-state index in [2.05, 4.69) is 0 Å². The van der Waals surface area contributed by atoms with E-state index >= 15 is 0 Å². The Hall–Kier alpha value is -4.78. The number of fused-ring (bicyclic) bond motifs is 3. The Balaban J connectivity index is 1.42. The largest absolute Gasteiger partial charge is 0.497 e. The van der Waals surface area contributed by atoms with Crippen LogP contribution in [0.2, 0.25) is 0 Å². The van der Waals surface area contributed by atoms with Gasteiger partial charge in [0.2, 0.25) is 11.8 Å². The summed E-state index contributed by atoms with van der Waals surface area (Å²) in [5.74, 6) is -2.32. The van der Waals surface area contributed by atoms with Crippen molar-refractivity contribution in [1.29, 1.82) is 0 Å². The van der Waals surface area contributed by atoms with Crippen LogP contribution in [0.5, 0.6) is 5.75 Å². The van der Waals surface area contributed by atoms with E-state index < -0.39 is 29.8 Å². The normalized spacial score (nSPS) is 23.4. The van der Waals surface area contributed by atoms with Crippen LogP contribution in [0.1, 0.15) is 26.3 Å². The number of carbonyl (C=O) groups is 4. The van der Waals surface area contributed by atoms with Crippen LogP contribution in [0.15, 0.2) is 103 Å². The Morgan fingerprint density at radius 1 is 0.795 bits per heavy atom. The van der Waals surface area contributed by atoms with Crippen LogP contribution < -0.4 is 9.64 Å². The van der Waals surface area contributed by atoms with E-state index in [1.165, 1.54) is 4.90 Å². The molecule has 7 nitrogen and oxygen atoms in total. The van der Waals surface area contributed by atoms with E-state index in [-0.39, 0.29) is 17.5 Å². The zero-order valence-corrected chi connectivity index (χ0v) is 21.5. The van der Waals surface area contributed by atoms with Crippen LogP contribution in [-0.4, -0.2) is 47.5 Å². The van der Waals surface area contributed by atoms with Gasteiger partial charge in [0.1, 0.15) is 11.8 Å². The van der Waals surface area contributed by atoms with Gasteiger partial charge in [-0.1, -0.05) is 54.1 Å². The summed E-state index contributed by atoms with van der Waals surface area (Å²) in [5, 5.41) is 0. The fourth-order valence-corrected chi connectivity index (χ4v) is 5.83. The molecule has 6 rings (SSSR count). The van der Waals surface area contributed by atoms with Gasteiger partial charge in [-0.05, 0) is 49.4 Å². The van der Waals surface area contributed by atoms with Crippen LogP contribution >= 0.6 is 0 Å². The summed E-state index contributed by atoms with van der Waals surface area (Å²) in [5.41, 5.74) is 2.84. The van der Waals surface area contributed by atoms with Gasteiger partial charge >= 0.3 is 0 Å². The molecule has 194 valence electrons. The molecular weight excluding hydrogens is 492 g/mol. The van der Waals surface area contributed by atoms with Crippen LogP contribution in [-0.2, 0) is 9.59 Å². The highest BCUT2D eigenvalue weighted by molar-refractivity contribution is 6.25. The minimum atomic E-state index is -0.902. The van der Waals surface area contributed by atoms with Crippen molar-refractivity contribution in [2.24, 2.45) is 11.8 Å². The van der Waals surface area contributed by atoms with Gasteiger partial charge in [-0.15, -0.1) is 0 Å². The number of amides is 2. The number of hydrogen-bond donors (Lipinski definition) is 0. The number of ketones is 2. The maximum absolute atomic E-state index is 13.9. The average molecular weight is 519 g/mol. The Morgan fingerprint density at radius 2 is 1.46 bits per heavy atom. The first-order valence-corrected chi connectivity index (χ1v) is 12.8. The number of benzene rings is 3. The summed E-state index contributed by atoms with van der Waals surface area (Å²) in [4.78, 5) is 58.0. The number of hydrogen-bond acceptors (Lipinski definition) is 6. The molecule has 2 fully saturated rings. The molecule has 3 aliphatic heterocycles. The van der Waals surface area contributed by atoms with Crippen molar-refractivity contribution in [3.63, 3.8) is 0 Å². The number of Topliss-reactive ketones (excluding diaryl/α,β-unsaturated/α-hetero) is 2. The molecule has 2 amide bonds. The van der Waals surface area contributed by atoms with Crippen LogP contribution in [0.4, 0.5) is 5.69 Å². The van der Waals surface area contributed by atoms with Crippen LogP contribution in [0, 0.1) is 18.8 Å². The lowest BCUT2D eigenvalue weighted by Gasteiger charge is -2.32. The molecule has 3 aromatic rings. The topological polar surface area (TPSA) is 84.0 Å². The smallest absolute Gasteiger partial charge is 0.240 e. The van der Waals surface area contributed by atoms with Crippen molar-refractivity contribution in [2.45, 2.75) is 19.0 Å². The molecule has 4 atom stereocenters. The highest BCUT2D eigenvalue weighted by Gasteiger charge is 2.63. The first kappa shape index (κ1) is 24.6. The van der Waals surface area contributed by atoms with Crippen molar-refractivity contribution in [2.75, 3.05) is 12.0 Å². The third-order valence-electron chi connectivity index (χ3n) is 7.78. The van der Waals surface area contributed by atoms with E-state index in [1.54, 1.807) is 91.0 Å². The number of ether oxygens (including phenoxy) is 1. The molecule has 2 saturated heterocycles. The molecule has 3 aromatic carbocycles. The molecule has 3 aliphatic rings. The first-order valence-electron chi connectivity index (χ1n) is 12.8. The Kier molecular flexibility index (Phi) is 5.99. The number of carbonyl (C=O) groups excluding carboxylic acids is 4. The number of rotatable bonds is 6. The molecule has 7 heteroatoms. The molecule has 0 saturated carbocycles. The Labute approximate surface area is 226 Å². The maximum Gasteiger partial charge on any atom is 0.240 e. The van der Waals surface area contributed by atoms with Gasteiger partial charge < -0.3 is 9.64 Å². The molecule has 0 bridgehead atoms. The van der Waals surface area contributed by atoms with Crippen molar-refractivity contribution in [3.8, 4) is 5.75 Å². The third-order valence-corrected chi connectivity index (χ3v) is 7.78.